The Morgan fingerprint density at radius 3 is 2.94 bits per heavy atom. The Hall–Kier alpha value is -2.17. The smallest absolute Gasteiger partial charge is 0.304 e. The highest BCUT2D eigenvalue weighted by molar-refractivity contribution is 5.68. The van der Waals surface area contributed by atoms with E-state index in [0.717, 1.165) is 5.56 Å². The van der Waals surface area contributed by atoms with Crippen molar-refractivity contribution >= 4 is 5.97 Å². The zero-order valence-electron chi connectivity index (χ0n) is 8.50. The number of rotatable bonds is 4. The van der Waals surface area contributed by atoms with E-state index >= 15 is 0 Å². The topological polar surface area (TPSA) is 78.9 Å². The fraction of sp³-hybridized carbons (Fsp3) is 0.182. The Morgan fingerprint density at radius 1 is 1.50 bits per heavy atom. The summed E-state index contributed by atoms with van der Waals surface area (Å²) in [4.78, 5) is 21.8. The Kier molecular flexibility index (Phi) is 2.95. The number of carboxylic acid groups (broad SMARTS) is 1. The number of hydrogen-bond acceptors (Lipinski definition) is 3. The third-order valence-electron chi connectivity index (χ3n) is 2.34. The number of hydrogen-bond donors (Lipinski definition) is 2. The quantitative estimate of drug-likeness (QED) is 0.811. The molecule has 5 nitrogen and oxygen atoms in total. The molecule has 0 aliphatic carbocycles. The van der Waals surface area contributed by atoms with Gasteiger partial charge in [0.1, 0.15) is 0 Å². The lowest BCUT2D eigenvalue weighted by Crippen LogP contribution is -2.09. The molecule has 0 aliphatic rings. The summed E-state index contributed by atoms with van der Waals surface area (Å²) >= 11 is 0. The second-order valence-electron chi connectivity index (χ2n) is 3.43. The van der Waals surface area contributed by atoms with Gasteiger partial charge in [0, 0.05) is 36.9 Å². The highest BCUT2D eigenvalue weighted by atomic mass is 16.4. The number of aromatic nitrogens is 3. The van der Waals surface area contributed by atoms with Crippen LogP contribution in [0.5, 0.6) is 0 Å². The average Bonchev–Trinajstić information content (AvgIpc) is 2.80. The van der Waals surface area contributed by atoms with Crippen molar-refractivity contribution in [2.45, 2.75) is 12.3 Å². The van der Waals surface area contributed by atoms with E-state index in [9.17, 15) is 4.79 Å². The minimum absolute atomic E-state index is 0.0105. The normalized spacial score (nSPS) is 12.2. The molecular formula is C11H11N3O2. The van der Waals surface area contributed by atoms with Gasteiger partial charge >= 0.3 is 5.97 Å². The van der Waals surface area contributed by atoms with Crippen molar-refractivity contribution in [3.63, 3.8) is 0 Å². The molecule has 1 atom stereocenters. The zero-order chi connectivity index (χ0) is 11.4. The summed E-state index contributed by atoms with van der Waals surface area (Å²) in [6, 6.07) is 1.85. The van der Waals surface area contributed by atoms with Crippen molar-refractivity contribution in [2.24, 2.45) is 0 Å². The largest absolute Gasteiger partial charge is 0.481 e. The van der Waals surface area contributed by atoms with E-state index in [1.165, 1.54) is 0 Å². The molecule has 0 fully saturated rings. The molecule has 0 radical (unpaired) electrons. The van der Waals surface area contributed by atoms with Crippen molar-refractivity contribution in [1.82, 2.24) is 15.0 Å². The zero-order valence-corrected chi connectivity index (χ0v) is 8.50. The van der Waals surface area contributed by atoms with Gasteiger partial charge in [0.2, 0.25) is 0 Å². The van der Waals surface area contributed by atoms with Crippen LogP contribution in [0.4, 0.5) is 0 Å². The molecule has 0 aromatic carbocycles. The Balaban J connectivity index is 2.32. The summed E-state index contributed by atoms with van der Waals surface area (Å²) in [5.41, 5.74) is 1.58. The molecule has 0 amide bonds. The predicted molar refractivity (Wildman–Crippen MR) is 56.9 cm³/mol. The van der Waals surface area contributed by atoms with E-state index in [1.54, 1.807) is 31.0 Å². The summed E-state index contributed by atoms with van der Waals surface area (Å²) in [6.07, 6.45) is 8.29. The maximum absolute atomic E-state index is 10.8. The van der Waals surface area contributed by atoms with Gasteiger partial charge in [-0.3, -0.25) is 14.8 Å². The van der Waals surface area contributed by atoms with Crippen molar-refractivity contribution in [3.05, 3.63) is 48.3 Å². The number of nitrogens with one attached hydrogen (secondary N) is 1. The van der Waals surface area contributed by atoms with Crippen molar-refractivity contribution < 1.29 is 9.90 Å². The summed E-state index contributed by atoms with van der Waals surface area (Å²) in [7, 11) is 0. The molecule has 2 rings (SSSR count). The number of aromatic amines is 1. The van der Waals surface area contributed by atoms with E-state index in [0.29, 0.717) is 5.69 Å². The first-order valence-corrected chi connectivity index (χ1v) is 4.88. The van der Waals surface area contributed by atoms with E-state index in [4.69, 9.17) is 5.11 Å². The fourth-order valence-corrected chi connectivity index (χ4v) is 1.61. The Morgan fingerprint density at radius 2 is 2.38 bits per heavy atom. The van der Waals surface area contributed by atoms with Gasteiger partial charge in [-0.1, -0.05) is 0 Å². The summed E-state index contributed by atoms with van der Waals surface area (Å²) < 4.78 is 0. The van der Waals surface area contributed by atoms with Gasteiger partial charge in [0.25, 0.3) is 0 Å². The monoisotopic (exact) mass is 217 g/mol. The standard InChI is InChI=1S/C11H11N3O2/c15-11(16)5-9(8-1-2-12-6-8)10-7-13-3-4-14-10/h1-4,6-7,9,12H,5H2,(H,15,16). The number of carboxylic acids is 1. The molecule has 2 heterocycles. The van der Waals surface area contributed by atoms with Gasteiger partial charge in [0.05, 0.1) is 12.1 Å². The molecule has 2 N–H and O–H groups in total. The van der Waals surface area contributed by atoms with Crippen LogP contribution in [0.3, 0.4) is 0 Å². The molecule has 16 heavy (non-hydrogen) atoms. The summed E-state index contributed by atoms with van der Waals surface area (Å²) in [5, 5.41) is 8.89. The van der Waals surface area contributed by atoms with Gasteiger partial charge in [-0.15, -0.1) is 0 Å². The van der Waals surface area contributed by atoms with Crippen LogP contribution in [0.15, 0.2) is 37.1 Å². The fourth-order valence-electron chi connectivity index (χ4n) is 1.61. The minimum atomic E-state index is -0.850. The molecule has 1 unspecified atom stereocenters. The van der Waals surface area contributed by atoms with E-state index in [2.05, 4.69) is 15.0 Å². The maximum Gasteiger partial charge on any atom is 0.304 e. The molecule has 2 aromatic rings. The SMILES string of the molecule is O=C(O)CC(c1cc[nH]c1)c1cnccn1. The van der Waals surface area contributed by atoms with Crippen LogP contribution in [-0.4, -0.2) is 26.0 Å². The number of H-pyrrole nitrogens is 1. The third kappa shape index (κ3) is 2.25. The lowest BCUT2D eigenvalue weighted by Gasteiger charge is -2.11. The minimum Gasteiger partial charge on any atom is -0.481 e. The molecular weight excluding hydrogens is 206 g/mol. The number of nitrogens with zero attached hydrogens (tertiary/aromatic N) is 2. The molecule has 0 saturated carbocycles. The van der Waals surface area contributed by atoms with Gasteiger partial charge in [-0.25, -0.2) is 0 Å². The second-order valence-corrected chi connectivity index (χ2v) is 3.43. The first-order valence-electron chi connectivity index (χ1n) is 4.88. The van der Waals surface area contributed by atoms with E-state index in [1.807, 2.05) is 6.07 Å². The van der Waals surface area contributed by atoms with Gasteiger partial charge in [0.15, 0.2) is 0 Å². The van der Waals surface area contributed by atoms with Crippen LogP contribution in [0.25, 0.3) is 0 Å². The first-order chi connectivity index (χ1) is 7.77. The average molecular weight is 217 g/mol. The molecule has 0 bridgehead atoms. The third-order valence-corrected chi connectivity index (χ3v) is 2.34. The molecule has 2 aromatic heterocycles. The Labute approximate surface area is 92.2 Å². The first kappa shape index (κ1) is 10.4. The number of carbonyl (C=O) groups is 1. The van der Waals surface area contributed by atoms with Crippen LogP contribution >= 0.6 is 0 Å². The van der Waals surface area contributed by atoms with Crippen LogP contribution < -0.4 is 0 Å². The highest BCUT2D eigenvalue weighted by Crippen LogP contribution is 2.25. The number of aliphatic carboxylic acids is 1. The van der Waals surface area contributed by atoms with Crippen molar-refractivity contribution in [1.29, 1.82) is 0 Å². The van der Waals surface area contributed by atoms with Gasteiger partial charge < -0.3 is 10.1 Å². The van der Waals surface area contributed by atoms with E-state index in [-0.39, 0.29) is 12.3 Å². The van der Waals surface area contributed by atoms with Crippen LogP contribution in [0.2, 0.25) is 0 Å². The van der Waals surface area contributed by atoms with Crippen molar-refractivity contribution in [2.75, 3.05) is 0 Å². The van der Waals surface area contributed by atoms with Crippen molar-refractivity contribution in [3.8, 4) is 0 Å². The van der Waals surface area contributed by atoms with Gasteiger partial charge in [-0.2, -0.15) is 0 Å². The van der Waals surface area contributed by atoms with Crippen LogP contribution in [0, 0.1) is 0 Å². The van der Waals surface area contributed by atoms with Crippen LogP contribution in [-0.2, 0) is 4.79 Å². The lowest BCUT2D eigenvalue weighted by atomic mass is 9.95. The highest BCUT2D eigenvalue weighted by Gasteiger charge is 2.19. The molecule has 5 heteroatoms. The van der Waals surface area contributed by atoms with Crippen LogP contribution in [0.1, 0.15) is 23.6 Å². The summed E-state index contributed by atoms with van der Waals surface area (Å²) in [5.74, 6) is -1.10. The lowest BCUT2D eigenvalue weighted by molar-refractivity contribution is -0.137. The Bertz CT molecular complexity index is 453. The summed E-state index contributed by atoms with van der Waals surface area (Å²) in [6.45, 7) is 0. The molecule has 0 aliphatic heterocycles. The van der Waals surface area contributed by atoms with Gasteiger partial charge in [-0.05, 0) is 11.6 Å². The van der Waals surface area contributed by atoms with E-state index < -0.39 is 5.97 Å². The molecule has 0 spiro atoms. The molecule has 82 valence electrons. The maximum atomic E-state index is 10.8. The predicted octanol–water partition coefficient (Wildman–Crippen LogP) is 1.41. The molecule has 0 saturated heterocycles. The second kappa shape index (κ2) is 4.57.